The van der Waals surface area contributed by atoms with Gasteiger partial charge in [0.2, 0.25) is 0 Å². The molecule has 4 N–H and O–H groups in total. The summed E-state index contributed by atoms with van der Waals surface area (Å²) >= 11 is 2.70. The van der Waals surface area contributed by atoms with Gasteiger partial charge in [0.25, 0.3) is 0 Å². The highest BCUT2D eigenvalue weighted by molar-refractivity contribution is 8.14. The molecule has 2 fully saturated rings. The van der Waals surface area contributed by atoms with Gasteiger partial charge in [-0.1, -0.05) is 23.5 Å². The van der Waals surface area contributed by atoms with Crippen molar-refractivity contribution in [2.75, 3.05) is 13.2 Å². The summed E-state index contributed by atoms with van der Waals surface area (Å²) in [6.45, 7) is 3.12. The summed E-state index contributed by atoms with van der Waals surface area (Å²) in [6, 6.07) is -1.10. The number of aliphatic hydroxyl groups excluding tert-OH is 4. The summed E-state index contributed by atoms with van der Waals surface area (Å²) in [4.78, 5) is 32.6. The van der Waals surface area contributed by atoms with Crippen molar-refractivity contribution in [2.45, 2.75) is 92.7 Å². The van der Waals surface area contributed by atoms with Gasteiger partial charge in [-0.2, -0.15) is 0 Å². The van der Waals surface area contributed by atoms with Crippen LogP contribution in [-0.2, 0) is 28.5 Å². The first-order valence-electron chi connectivity index (χ1n) is 11.4. The third-order valence-electron chi connectivity index (χ3n) is 6.15. The molecule has 14 heteroatoms. The molecule has 4 rings (SSSR count). The summed E-state index contributed by atoms with van der Waals surface area (Å²) in [5.74, 6) is -1.16. The first-order valence-corrected chi connectivity index (χ1v) is 13.2. The number of carbonyl (C=O) groups excluding carboxylic acids is 2. The minimum Gasteiger partial charge on any atom is -0.463 e. The smallest absolute Gasteiger partial charge is 0.305 e. The Hall–Kier alpha value is -1.26. The van der Waals surface area contributed by atoms with Crippen molar-refractivity contribution in [3.63, 3.8) is 0 Å². The second-order valence-corrected chi connectivity index (χ2v) is 11.4. The molecule has 12 nitrogen and oxygen atoms in total. The number of fused-ring (bicyclic) bond motifs is 2. The monoisotopic (exact) mass is 534 g/mol. The molecule has 4 heterocycles. The first kappa shape index (κ1) is 26.8. The van der Waals surface area contributed by atoms with Gasteiger partial charge in [-0.15, -0.1) is 0 Å². The van der Waals surface area contributed by atoms with Gasteiger partial charge in [0.1, 0.15) is 72.8 Å². The quantitative estimate of drug-likeness (QED) is 0.286. The van der Waals surface area contributed by atoms with E-state index in [0.717, 1.165) is 10.1 Å². The lowest BCUT2D eigenvalue weighted by Gasteiger charge is -2.38. The van der Waals surface area contributed by atoms with Crippen molar-refractivity contribution < 1.29 is 49.0 Å². The minimum absolute atomic E-state index is 0.0538. The molecule has 0 aromatic carbocycles. The largest absolute Gasteiger partial charge is 0.463 e. The maximum absolute atomic E-state index is 12.1. The number of carbonyl (C=O) groups is 2. The van der Waals surface area contributed by atoms with Crippen LogP contribution in [0.1, 0.15) is 33.1 Å². The Morgan fingerprint density at radius 1 is 0.771 bits per heavy atom. The Kier molecular flexibility index (Phi) is 8.74. The Morgan fingerprint density at radius 3 is 1.57 bits per heavy atom. The van der Waals surface area contributed by atoms with E-state index in [1.165, 1.54) is 23.5 Å². The van der Waals surface area contributed by atoms with Crippen LogP contribution >= 0.6 is 23.5 Å². The Morgan fingerprint density at radius 2 is 1.17 bits per heavy atom. The van der Waals surface area contributed by atoms with Crippen molar-refractivity contribution in [3.8, 4) is 0 Å². The lowest BCUT2D eigenvalue weighted by molar-refractivity contribution is -0.179. The standard InChI is InChI=1S/C21H30N2O10S2/c1-8-22-14-18(28)16(26)10(32-20(14)34-8)6-30-12(24)4-3-5-13(25)31-7-11-17(27)19(29)15-21(33-11)35-9(2)23-15/h10-11,14-21,26-29H,3-7H2,1-2H3/t10-,11-,14-,15-,16-,17-,18-,19-,20-,21-/m1/s1. The van der Waals surface area contributed by atoms with Crippen LogP contribution in [0.3, 0.4) is 0 Å². The first-order chi connectivity index (χ1) is 16.6. The van der Waals surface area contributed by atoms with Crippen LogP contribution in [0.4, 0.5) is 0 Å². The Bertz CT molecular complexity index is 805. The predicted molar refractivity (Wildman–Crippen MR) is 126 cm³/mol. The fourth-order valence-electron chi connectivity index (χ4n) is 4.27. The van der Waals surface area contributed by atoms with Gasteiger partial charge in [0.15, 0.2) is 0 Å². The van der Waals surface area contributed by atoms with Gasteiger partial charge in [0, 0.05) is 12.8 Å². The van der Waals surface area contributed by atoms with Crippen molar-refractivity contribution >= 4 is 45.5 Å². The molecule has 0 radical (unpaired) electrons. The van der Waals surface area contributed by atoms with Crippen molar-refractivity contribution in [1.82, 2.24) is 0 Å². The second kappa shape index (κ2) is 11.4. The highest BCUT2D eigenvalue weighted by Gasteiger charge is 2.49. The molecule has 0 spiro atoms. The summed E-state index contributed by atoms with van der Waals surface area (Å²) in [5, 5.41) is 42.5. The van der Waals surface area contributed by atoms with E-state index in [0.29, 0.717) is 0 Å². The van der Waals surface area contributed by atoms with E-state index in [2.05, 4.69) is 9.98 Å². The van der Waals surface area contributed by atoms with Crippen molar-refractivity contribution in [3.05, 3.63) is 0 Å². The van der Waals surface area contributed by atoms with Gasteiger partial charge < -0.3 is 39.4 Å². The molecule has 10 atom stereocenters. The number of esters is 2. The zero-order valence-corrected chi connectivity index (χ0v) is 20.9. The number of hydrogen-bond donors (Lipinski definition) is 4. The average molecular weight is 535 g/mol. The van der Waals surface area contributed by atoms with E-state index >= 15 is 0 Å². The molecular formula is C21H30N2O10S2. The fraction of sp³-hybridized carbons (Fsp3) is 0.810. The van der Waals surface area contributed by atoms with Crippen LogP contribution in [0.25, 0.3) is 0 Å². The fourth-order valence-corrected chi connectivity index (χ4v) is 6.42. The van der Waals surface area contributed by atoms with E-state index in [-0.39, 0.29) is 32.5 Å². The van der Waals surface area contributed by atoms with Gasteiger partial charge in [-0.3, -0.25) is 19.6 Å². The van der Waals surface area contributed by atoms with Crippen LogP contribution < -0.4 is 0 Å². The zero-order valence-electron chi connectivity index (χ0n) is 19.3. The van der Waals surface area contributed by atoms with Crippen LogP contribution in [0.15, 0.2) is 9.98 Å². The molecule has 0 amide bonds. The molecule has 35 heavy (non-hydrogen) atoms. The number of ether oxygens (including phenoxy) is 4. The SMILES string of the molecule is CC1=N[C@@H]2[C@@H](O)[C@H](O)[C@@H](COC(=O)CCCC(=O)OC[C@H]3O[C@@H]4SC(C)=N[C@@H]4[C@@H](O)[C@@H]3O)O[C@@H]2S1. The third-order valence-corrected chi connectivity index (χ3v) is 8.29. The lowest BCUT2D eigenvalue weighted by atomic mass is 9.99. The molecule has 4 aliphatic rings. The van der Waals surface area contributed by atoms with E-state index in [1.807, 2.05) is 0 Å². The van der Waals surface area contributed by atoms with Crippen LogP contribution in [-0.4, -0.2) is 115 Å². The van der Waals surface area contributed by atoms with Crippen LogP contribution in [0, 0.1) is 0 Å². The Labute approximate surface area is 210 Å². The number of thioether (sulfide) groups is 2. The molecule has 0 saturated carbocycles. The normalized spacial score (nSPS) is 40.4. The number of rotatable bonds is 8. The number of hydrogen-bond acceptors (Lipinski definition) is 14. The Balaban J connectivity index is 1.12. The average Bonchev–Trinajstić information content (AvgIpc) is 3.38. The molecule has 196 valence electrons. The van der Waals surface area contributed by atoms with Gasteiger partial charge in [-0.25, -0.2) is 0 Å². The number of aliphatic imine (C=N–C) groups is 2. The molecule has 0 aromatic rings. The third kappa shape index (κ3) is 6.18. The summed E-state index contributed by atoms with van der Waals surface area (Å²) < 4.78 is 21.8. The van der Waals surface area contributed by atoms with Gasteiger partial charge >= 0.3 is 11.9 Å². The van der Waals surface area contributed by atoms with Crippen molar-refractivity contribution in [2.24, 2.45) is 9.98 Å². The van der Waals surface area contributed by atoms with Crippen LogP contribution in [0.5, 0.6) is 0 Å². The summed E-state index contributed by atoms with van der Waals surface area (Å²) in [6.07, 6.45) is -6.39. The molecule has 0 unspecified atom stereocenters. The van der Waals surface area contributed by atoms with E-state index in [1.54, 1.807) is 13.8 Å². The van der Waals surface area contributed by atoms with Gasteiger partial charge in [0.05, 0.1) is 10.1 Å². The molecule has 2 saturated heterocycles. The van der Waals surface area contributed by atoms with E-state index < -0.39 is 71.5 Å². The predicted octanol–water partition coefficient (Wildman–Crippen LogP) is -0.796. The molecule has 0 aromatic heterocycles. The highest BCUT2D eigenvalue weighted by atomic mass is 32.2. The molecule has 4 aliphatic heterocycles. The zero-order chi connectivity index (χ0) is 25.3. The highest BCUT2D eigenvalue weighted by Crippen LogP contribution is 2.37. The number of aliphatic hydroxyl groups is 4. The van der Waals surface area contributed by atoms with Crippen LogP contribution in [0.2, 0.25) is 0 Å². The maximum atomic E-state index is 12.1. The summed E-state index contributed by atoms with van der Waals surface area (Å²) in [5.41, 5.74) is -0.872. The number of nitrogens with zero attached hydrogens (tertiary/aromatic N) is 2. The van der Waals surface area contributed by atoms with Gasteiger partial charge in [-0.05, 0) is 20.3 Å². The summed E-state index contributed by atoms with van der Waals surface area (Å²) in [7, 11) is 0. The molecule has 0 aliphatic carbocycles. The van der Waals surface area contributed by atoms with Crippen molar-refractivity contribution in [1.29, 1.82) is 0 Å². The lowest BCUT2D eigenvalue weighted by Crippen LogP contribution is -2.56. The molecule has 0 bridgehead atoms. The van der Waals surface area contributed by atoms with E-state index in [9.17, 15) is 30.0 Å². The topological polar surface area (TPSA) is 177 Å². The minimum atomic E-state index is -1.24. The maximum Gasteiger partial charge on any atom is 0.305 e. The second-order valence-electron chi connectivity index (χ2n) is 8.78. The molecular weight excluding hydrogens is 504 g/mol. The van der Waals surface area contributed by atoms with E-state index in [4.69, 9.17) is 18.9 Å².